The first-order valence-corrected chi connectivity index (χ1v) is 6.40. The van der Waals surface area contributed by atoms with E-state index in [0.29, 0.717) is 6.54 Å². The molecule has 0 bridgehead atoms. The number of hydrogen-bond acceptors (Lipinski definition) is 3. The fourth-order valence-electron chi connectivity index (χ4n) is 1.96. The molecule has 0 radical (unpaired) electrons. The van der Waals surface area contributed by atoms with Crippen LogP contribution in [-0.4, -0.2) is 29.5 Å². The molecular weight excluding hydrogens is 226 g/mol. The van der Waals surface area contributed by atoms with Gasteiger partial charge in [-0.3, -0.25) is 0 Å². The van der Waals surface area contributed by atoms with Crippen LogP contribution in [0.2, 0.25) is 0 Å². The summed E-state index contributed by atoms with van der Waals surface area (Å²) < 4.78 is 0. The van der Waals surface area contributed by atoms with E-state index in [1.165, 1.54) is 16.7 Å². The average molecular weight is 251 g/mol. The van der Waals surface area contributed by atoms with E-state index < -0.39 is 6.10 Å². The van der Waals surface area contributed by atoms with Gasteiger partial charge in [-0.05, 0) is 36.0 Å². The molecule has 102 valence electrons. The summed E-state index contributed by atoms with van der Waals surface area (Å²) in [6.07, 6.45) is -0.717. The molecule has 3 N–H and O–H groups in total. The molecule has 3 heteroatoms. The normalized spacial score (nSPS) is 13.5. The van der Waals surface area contributed by atoms with Crippen molar-refractivity contribution in [1.82, 2.24) is 0 Å². The van der Waals surface area contributed by atoms with Crippen molar-refractivity contribution < 1.29 is 10.2 Å². The number of nitrogens with one attached hydrogen (secondary N) is 1. The van der Waals surface area contributed by atoms with E-state index in [9.17, 15) is 5.11 Å². The van der Waals surface area contributed by atoms with Gasteiger partial charge in [-0.1, -0.05) is 32.9 Å². The summed E-state index contributed by atoms with van der Waals surface area (Å²) in [6, 6.07) is 4.36. The molecule has 0 aliphatic carbocycles. The zero-order valence-electron chi connectivity index (χ0n) is 12.0. The molecule has 1 atom stereocenters. The van der Waals surface area contributed by atoms with Crippen molar-refractivity contribution in [3.63, 3.8) is 0 Å². The molecule has 0 aliphatic rings. The Hall–Kier alpha value is -1.06. The summed E-state index contributed by atoms with van der Waals surface area (Å²) in [7, 11) is 0. The minimum Gasteiger partial charge on any atom is -0.394 e. The van der Waals surface area contributed by atoms with Crippen LogP contribution in [0, 0.1) is 13.8 Å². The Morgan fingerprint density at radius 2 is 1.67 bits per heavy atom. The standard InChI is InChI=1S/C15H25NO2/c1-10-6-12(15(3,4)5)7-11(2)14(10)16-8-13(18)9-17/h6-7,13,16-18H,8-9H2,1-5H3. The lowest BCUT2D eigenvalue weighted by Gasteiger charge is -2.23. The molecule has 3 nitrogen and oxygen atoms in total. The quantitative estimate of drug-likeness (QED) is 0.770. The average Bonchev–Trinajstić information content (AvgIpc) is 2.26. The Balaban J connectivity index is 2.95. The summed E-state index contributed by atoms with van der Waals surface area (Å²) in [5.41, 5.74) is 4.84. The molecule has 18 heavy (non-hydrogen) atoms. The van der Waals surface area contributed by atoms with Crippen molar-refractivity contribution in [3.8, 4) is 0 Å². The molecule has 0 fully saturated rings. The highest BCUT2D eigenvalue weighted by molar-refractivity contribution is 5.59. The summed E-state index contributed by atoms with van der Waals surface area (Å²) in [6.45, 7) is 10.9. The third-order valence-corrected chi connectivity index (χ3v) is 3.12. The van der Waals surface area contributed by atoms with Crippen LogP contribution in [0.5, 0.6) is 0 Å². The Morgan fingerprint density at radius 1 is 1.17 bits per heavy atom. The molecule has 0 saturated heterocycles. The summed E-state index contributed by atoms with van der Waals surface area (Å²) >= 11 is 0. The third kappa shape index (κ3) is 3.72. The van der Waals surface area contributed by atoms with Crippen LogP contribution in [0.1, 0.15) is 37.5 Å². The van der Waals surface area contributed by atoms with Gasteiger partial charge in [-0.25, -0.2) is 0 Å². The van der Waals surface area contributed by atoms with Gasteiger partial charge in [-0.2, -0.15) is 0 Å². The Morgan fingerprint density at radius 3 is 2.06 bits per heavy atom. The van der Waals surface area contributed by atoms with Gasteiger partial charge in [0, 0.05) is 12.2 Å². The van der Waals surface area contributed by atoms with Crippen molar-refractivity contribution in [2.75, 3.05) is 18.5 Å². The molecule has 1 unspecified atom stereocenters. The first kappa shape index (κ1) is 15.0. The largest absolute Gasteiger partial charge is 0.394 e. The summed E-state index contributed by atoms with van der Waals surface area (Å²) in [5, 5.41) is 21.4. The molecular formula is C15H25NO2. The van der Waals surface area contributed by atoms with Crippen molar-refractivity contribution in [2.45, 2.75) is 46.1 Å². The van der Waals surface area contributed by atoms with Crippen molar-refractivity contribution in [2.24, 2.45) is 0 Å². The Labute approximate surface area is 110 Å². The van der Waals surface area contributed by atoms with E-state index in [2.05, 4.69) is 52.1 Å². The van der Waals surface area contributed by atoms with E-state index in [1.54, 1.807) is 0 Å². The Kier molecular flexibility index (Phi) is 4.77. The van der Waals surface area contributed by atoms with Crippen LogP contribution in [0.4, 0.5) is 5.69 Å². The lowest BCUT2D eigenvalue weighted by molar-refractivity contribution is 0.105. The van der Waals surface area contributed by atoms with Gasteiger partial charge in [0.2, 0.25) is 0 Å². The van der Waals surface area contributed by atoms with Crippen LogP contribution in [0.3, 0.4) is 0 Å². The predicted molar refractivity (Wildman–Crippen MR) is 76.2 cm³/mol. The fraction of sp³-hybridized carbons (Fsp3) is 0.600. The van der Waals surface area contributed by atoms with Gasteiger partial charge in [0.1, 0.15) is 0 Å². The number of rotatable bonds is 4. The maximum absolute atomic E-state index is 9.37. The van der Waals surface area contributed by atoms with Crippen molar-refractivity contribution in [3.05, 3.63) is 28.8 Å². The SMILES string of the molecule is Cc1cc(C(C)(C)C)cc(C)c1NCC(O)CO. The van der Waals surface area contributed by atoms with Gasteiger partial charge in [-0.15, -0.1) is 0 Å². The van der Waals surface area contributed by atoms with E-state index in [1.807, 2.05) is 0 Å². The predicted octanol–water partition coefficient (Wildman–Crippen LogP) is 2.37. The second-order valence-electron chi connectivity index (χ2n) is 5.95. The van der Waals surface area contributed by atoms with Crippen LogP contribution >= 0.6 is 0 Å². The highest BCUT2D eigenvalue weighted by Crippen LogP contribution is 2.29. The maximum Gasteiger partial charge on any atom is 0.0942 e. The Bertz CT molecular complexity index is 384. The monoisotopic (exact) mass is 251 g/mol. The van der Waals surface area contributed by atoms with Crippen LogP contribution < -0.4 is 5.32 Å². The molecule has 1 rings (SSSR count). The van der Waals surface area contributed by atoms with Crippen molar-refractivity contribution >= 4 is 5.69 Å². The molecule has 0 amide bonds. The van der Waals surface area contributed by atoms with E-state index in [0.717, 1.165) is 5.69 Å². The zero-order chi connectivity index (χ0) is 13.9. The molecule has 1 aromatic carbocycles. The van der Waals surface area contributed by atoms with Gasteiger partial charge < -0.3 is 15.5 Å². The summed E-state index contributed by atoms with van der Waals surface area (Å²) in [4.78, 5) is 0. The second kappa shape index (κ2) is 5.72. The first-order chi connectivity index (χ1) is 8.25. The number of anilines is 1. The van der Waals surface area contributed by atoms with Gasteiger partial charge in [0.05, 0.1) is 12.7 Å². The molecule has 1 aromatic rings. The minimum atomic E-state index is -0.717. The van der Waals surface area contributed by atoms with Crippen LogP contribution in [-0.2, 0) is 5.41 Å². The number of aliphatic hydroxyl groups is 2. The number of benzene rings is 1. The summed E-state index contributed by atoms with van der Waals surface area (Å²) in [5.74, 6) is 0. The molecule has 0 spiro atoms. The molecule has 0 saturated carbocycles. The number of hydrogen-bond donors (Lipinski definition) is 3. The van der Waals surface area contributed by atoms with E-state index in [-0.39, 0.29) is 12.0 Å². The molecule has 0 aliphatic heterocycles. The molecule has 0 heterocycles. The van der Waals surface area contributed by atoms with E-state index in [4.69, 9.17) is 5.11 Å². The number of aryl methyl sites for hydroxylation is 2. The lowest BCUT2D eigenvalue weighted by atomic mass is 9.85. The highest BCUT2D eigenvalue weighted by Gasteiger charge is 2.16. The van der Waals surface area contributed by atoms with Gasteiger partial charge >= 0.3 is 0 Å². The topological polar surface area (TPSA) is 52.5 Å². The van der Waals surface area contributed by atoms with Gasteiger partial charge in [0.25, 0.3) is 0 Å². The van der Waals surface area contributed by atoms with E-state index >= 15 is 0 Å². The van der Waals surface area contributed by atoms with Crippen LogP contribution in [0.15, 0.2) is 12.1 Å². The minimum absolute atomic E-state index is 0.138. The third-order valence-electron chi connectivity index (χ3n) is 3.12. The van der Waals surface area contributed by atoms with Crippen LogP contribution in [0.25, 0.3) is 0 Å². The maximum atomic E-state index is 9.37. The van der Waals surface area contributed by atoms with Gasteiger partial charge in [0.15, 0.2) is 0 Å². The smallest absolute Gasteiger partial charge is 0.0942 e. The fourth-order valence-corrected chi connectivity index (χ4v) is 1.96. The zero-order valence-corrected chi connectivity index (χ0v) is 12.0. The first-order valence-electron chi connectivity index (χ1n) is 6.40. The molecule has 0 aromatic heterocycles. The lowest BCUT2D eigenvalue weighted by Crippen LogP contribution is -2.23. The highest BCUT2D eigenvalue weighted by atomic mass is 16.3. The second-order valence-corrected chi connectivity index (χ2v) is 5.95. The van der Waals surface area contributed by atoms with Crippen molar-refractivity contribution in [1.29, 1.82) is 0 Å². The number of aliphatic hydroxyl groups excluding tert-OH is 2.